The SMILES string of the molecule is CC(=O)c1ccc(C#Cc2ccc3c(c2)Cc2cc(-c4cc(-c5ccc6c(c5)Cc5cc(C#Cc7ccc(C(C)=O)cc7)ccc5-6)cc(-c5ccc6c(c5)Cc5cc(C#Cc7ccc(C(C)=O)cc7)ccc5-6)c4)ccc2-3)cc1. The molecule has 3 heteroatoms. The van der Waals surface area contributed by atoms with Crippen LogP contribution in [0.25, 0.3) is 66.8 Å². The average molecular weight is 997 g/mol. The van der Waals surface area contributed by atoms with Crippen LogP contribution in [0.1, 0.15) is 119 Å². The molecule has 78 heavy (non-hydrogen) atoms. The van der Waals surface area contributed by atoms with E-state index in [1.165, 1.54) is 83.5 Å². The number of ketones is 3. The molecule has 0 amide bonds. The maximum absolute atomic E-state index is 11.8. The monoisotopic (exact) mass is 996 g/mol. The lowest BCUT2D eigenvalue weighted by Crippen LogP contribution is -1.90. The van der Waals surface area contributed by atoms with Gasteiger partial charge in [-0.15, -0.1) is 0 Å². The van der Waals surface area contributed by atoms with E-state index in [0.717, 1.165) is 69.3 Å². The molecule has 0 unspecified atom stereocenters. The molecule has 0 fully saturated rings. The van der Waals surface area contributed by atoms with Gasteiger partial charge in [0.2, 0.25) is 0 Å². The second-order valence-electron chi connectivity index (χ2n) is 20.7. The van der Waals surface area contributed by atoms with Gasteiger partial charge in [-0.25, -0.2) is 0 Å². The molecule has 0 saturated carbocycles. The van der Waals surface area contributed by atoms with Gasteiger partial charge in [-0.05, 0) is 231 Å². The summed E-state index contributed by atoms with van der Waals surface area (Å²) in [5.74, 6) is 20.1. The van der Waals surface area contributed by atoms with E-state index < -0.39 is 0 Å². The fraction of sp³-hybridized carbons (Fsp3) is 0.0800. The Kier molecular flexibility index (Phi) is 11.9. The van der Waals surface area contributed by atoms with Crippen LogP contribution in [0.2, 0.25) is 0 Å². The second-order valence-corrected chi connectivity index (χ2v) is 20.7. The lowest BCUT2D eigenvalue weighted by atomic mass is 9.90. The van der Waals surface area contributed by atoms with Gasteiger partial charge in [-0.2, -0.15) is 0 Å². The van der Waals surface area contributed by atoms with Crippen molar-refractivity contribution >= 4 is 17.3 Å². The molecule has 0 spiro atoms. The van der Waals surface area contributed by atoms with Crippen LogP contribution in [0.15, 0.2) is 200 Å². The number of Topliss-reactive ketones (excluding diaryl/α,β-unsaturated/α-hetero) is 3. The molecule has 0 N–H and O–H groups in total. The number of rotatable bonds is 6. The van der Waals surface area contributed by atoms with Crippen molar-refractivity contribution in [2.24, 2.45) is 0 Å². The Bertz CT molecular complexity index is 3950. The fourth-order valence-electron chi connectivity index (χ4n) is 11.3. The summed E-state index contributed by atoms with van der Waals surface area (Å²) in [4.78, 5) is 35.4. The standard InChI is InChI=1S/C75H48O3/c1-46(76)55-19-10-49(11-20-55)4-7-52-16-28-70-64(34-52)43-67-37-58(25-31-73(67)70)61-40-62(59-26-32-74-68(38-59)44-65-35-53(17-29-71(65)74)8-5-50-12-21-56(22-13-50)47(2)77)42-63(41-61)60-27-33-75-69(39-60)45-66-36-54(18-30-72(66)75)9-6-51-14-23-57(24-15-51)48(3)78/h10-42H,43-45H2,1-3H3. The minimum absolute atomic E-state index is 0.0469. The first kappa shape index (κ1) is 47.6. The summed E-state index contributed by atoms with van der Waals surface area (Å²) in [5.41, 5.74) is 29.8. The highest BCUT2D eigenvalue weighted by Gasteiger charge is 2.23. The van der Waals surface area contributed by atoms with Crippen molar-refractivity contribution in [2.45, 2.75) is 40.0 Å². The predicted molar refractivity (Wildman–Crippen MR) is 315 cm³/mol. The molecule has 0 atom stereocenters. The third-order valence-corrected chi connectivity index (χ3v) is 15.5. The van der Waals surface area contributed by atoms with Gasteiger partial charge < -0.3 is 0 Å². The Morgan fingerprint density at radius 3 is 0.718 bits per heavy atom. The third kappa shape index (κ3) is 9.28. The highest BCUT2D eigenvalue weighted by atomic mass is 16.1. The van der Waals surface area contributed by atoms with Gasteiger partial charge in [0.1, 0.15) is 0 Å². The predicted octanol–water partition coefficient (Wildman–Crippen LogP) is 16.2. The Morgan fingerprint density at radius 2 is 0.462 bits per heavy atom. The van der Waals surface area contributed by atoms with E-state index in [-0.39, 0.29) is 17.3 Å². The molecule has 0 radical (unpaired) electrons. The van der Waals surface area contributed by atoms with Crippen molar-refractivity contribution in [3.05, 3.63) is 284 Å². The topological polar surface area (TPSA) is 51.2 Å². The lowest BCUT2D eigenvalue weighted by Gasteiger charge is -2.14. The van der Waals surface area contributed by atoms with Crippen molar-refractivity contribution in [1.82, 2.24) is 0 Å². The summed E-state index contributed by atoms with van der Waals surface area (Å²) in [6.07, 6.45) is 2.48. The molecule has 3 aliphatic rings. The largest absolute Gasteiger partial charge is 0.295 e. The molecular weight excluding hydrogens is 949 g/mol. The van der Waals surface area contributed by atoms with Gasteiger partial charge in [0, 0.05) is 50.1 Å². The molecule has 0 heterocycles. The number of fused-ring (bicyclic) bond motifs is 9. The first-order chi connectivity index (χ1) is 38.0. The highest BCUT2D eigenvalue weighted by molar-refractivity contribution is 5.95. The molecular formula is C75H48O3. The zero-order chi connectivity index (χ0) is 53.0. The summed E-state index contributed by atoms with van der Waals surface area (Å²) in [7, 11) is 0. The van der Waals surface area contributed by atoms with Gasteiger partial charge in [0.15, 0.2) is 17.3 Å². The van der Waals surface area contributed by atoms with Gasteiger partial charge in [-0.3, -0.25) is 14.4 Å². The molecule has 10 aromatic carbocycles. The smallest absolute Gasteiger partial charge is 0.159 e. The van der Waals surface area contributed by atoms with Crippen LogP contribution < -0.4 is 0 Å². The van der Waals surface area contributed by atoms with Crippen LogP contribution >= 0.6 is 0 Å². The van der Waals surface area contributed by atoms with Crippen molar-refractivity contribution in [2.75, 3.05) is 0 Å². The molecule has 10 aromatic rings. The van der Waals surface area contributed by atoms with E-state index in [1.807, 2.05) is 72.8 Å². The maximum atomic E-state index is 11.8. The average Bonchev–Trinajstić information content (AvgIpc) is 4.18. The lowest BCUT2D eigenvalue weighted by molar-refractivity contribution is 0.100. The first-order valence-corrected chi connectivity index (χ1v) is 26.4. The second kappa shape index (κ2) is 19.5. The molecule has 0 aromatic heterocycles. The van der Waals surface area contributed by atoms with Crippen molar-refractivity contribution < 1.29 is 14.4 Å². The Balaban J connectivity index is 0.817. The van der Waals surface area contributed by atoms with Crippen LogP contribution in [0.4, 0.5) is 0 Å². The van der Waals surface area contributed by atoms with Gasteiger partial charge >= 0.3 is 0 Å². The fourth-order valence-corrected chi connectivity index (χ4v) is 11.3. The molecule has 3 nitrogen and oxygen atoms in total. The number of hydrogen-bond donors (Lipinski definition) is 0. The zero-order valence-electron chi connectivity index (χ0n) is 43.4. The normalized spacial score (nSPS) is 11.7. The summed E-state index contributed by atoms with van der Waals surface area (Å²) < 4.78 is 0. The summed E-state index contributed by atoms with van der Waals surface area (Å²) in [6, 6.07) is 69.9. The summed E-state index contributed by atoms with van der Waals surface area (Å²) in [6.45, 7) is 4.73. The Hall–Kier alpha value is -10.1. The number of benzene rings is 10. The highest BCUT2D eigenvalue weighted by Crippen LogP contribution is 2.44. The van der Waals surface area contributed by atoms with Crippen LogP contribution in [-0.4, -0.2) is 17.3 Å². The van der Waals surface area contributed by atoms with Gasteiger partial charge in [-0.1, -0.05) is 145 Å². The number of carbonyl (C=O) groups excluding carboxylic acids is 3. The van der Waals surface area contributed by atoms with E-state index in [9.17, 15) is 14.4 Å². The van der Waals surface area contributed by atoms with Crippen LogP contribution in [-0.2, 0) is 19.3 Å². The van der Waals surface area contributed by atoms with E-state index in [2.05, 4.69) is 163 Å². The van der Waals surface area contributed by atoms with E-state index in [1.54, 1.807) is 20.8 Å². The van der Waals surface area contributed by atoms with Crippen molar-refractivity contribution in [1.29, 1.82) is 0 Å². The van der Waals surface area contributed by atoms with Crippen molar-refractivity contribution in [3.8, 4) is 102 Å². The minimum atomic E-state index is 0.0469. The quantitative estimate of drug-likeness (QED) is 0.123. The minimum Gasteiger partial charge on any atom is -0.295 e. The first-order valence-electron chi connectivity index (χ1n) is 26.4. The molecule has 3 aliphatic carbocycles. The van der Waals surface area contributed by atoms with Crippen LogP contribution in [0.5, 0.6) is 0 Å². The van der Waals surface area contributed by atoms with Crippen LogP contribution in [0, 0.1) is 35.5 Å². The van der Waals surface area contributed by atoms with Gasteiger partial charge in [0.25, 0.3) is 0 Å². The molecule has 0 saturated heterocycles. The molecule has 13 rings (SSSR count). The third-order valence-electron chi connectivity index (χ3n) is 15.5. The Morgan fingerprint density at radius 1 is 0.244 bits per heavy atom. The van der Waals surface area contributed by atoms with E-state index >= 15 is 0 Å². The maximum Gasteiger partial charge on any atom is 0.159 e. The van der Waals surface area contributed by atoms with E-state index in [0.29, 0.717) is 16.7 Å². The summed E-state index contributed by atoms with van der Waals surface area (Å²) >= 11 is 0. The molecule has 0 bridgehead atoms. The van der Waals surface area contributed by atoms with E-state index in [4.69, 9.17) is 0 Å². The molecule has 366 valence electrons. The zero-order valence-corrected chi connectivity index (χ0v) is 43.4. The summed E-state index contributed by atoms with van der Waals surface area (Å²) in [5, 5.41) is 0. The Labute approximate surface area is 455 Å². The molecule has 0 aliphatic heterocycles. The van der Waals surface area contributed by atoms with Crippen molar-refractivity contribution in [3.63, 3.8) is 0 Å². The van der Waals surface area contributed by atoms with Gasteiger partial charge in [0.05, 0.1) is 0 Å². The number of carbonyl (C=O) groups is 3. The number of hydrogen-bond acceptors (Lipinski definition) is 3. The van der Waals surface area contributed by atoms with Crippen LogP contribution in [0.3, 0.4) is 0 Å².